The second kappa shape index (κ2) is 9.31. The van der Waals surface area contributed by atoms with Crippen molar-refractivity contribution in [3.8, 4) is 22.6 Å². The molecule has 0 heterocycles. The summed E-state index contributed by atoms with van der Waals surface area (Å²) in [4.78, 5) is 0. The highest BCUT2D eigenvalue weighted by Crippen LogP contribution is 2.56. The zero-order chi connectivity index (χ0) is 24.4. The second-order valence-corrected chi connectivity index (χ2v) is 9.38. The molecule has 0 spiro atoms. The SMILES string of the molecule is C=C(C)COc1ccc(C2(c3ccc(OCC(=C)C)cc3)c3ccccc3-c3ccccc32)cc1. The van der Waals surface area contributed by atoms with E-state index in [-0.39, 0.29) is 0 Å². The zero-order valence-electron chi connectivity index (χ0n) is 20.4. The summed E-state index contributed by atoms with van der Waals surface area (Å²) in [6.45, 7) is 12.9. The molecule has 0 amide bonds. The van der Waals surface area contributed by atoms with E-state index in [1.807, 2.05) is 13.8 Å². The third kappa shape index (κ3) is 4.06. The Hall–Kier alpha value is -4.04. The smallest absolute Gasteiger partial charge is 0.119 e. The molecule has 1 aliphatic rings. The van der Waals surface area contributed by atoms with Crippen LogP contribution >= 0.6 is 0 Å². The van der Waals surface area contributed by atoms with Crippen LogP contribution in [0.4, 0.5) is 0 Å². The highest BCUT2D eigenvalue weighted by atomic mass is 16.5. The molecule has 0 N–H and O–H groups in total. The van der Waals surface area contributed by atoms with Gasteiger partial charge in [-0.15, -0.1) is 0 Å². The van der Waals surface area contributed by atoms with E-state index in [1.165, 1.54) is 33.4 Å². The van der Waals surface area contributed by atoms with Crippen molar-refractivity contribution >= 4 is 0 Å². The van der Waals surface area contributed by atoms with Crippen molar-refractivity contribution in [2.75, 3.05) is 13.2 Å². The molecule has 174 valence electrons. The average molecular weight is 459 g/mol. The molecule has 4 aromatic carbocycles. The molecule has 0 aliphatic heterocycles. The van der Waals surface area contributed by atoms with E-state index < -0.39 is 5.41 Å². The molecule has 5 rings (SSSR count). The van der Waals surface area contributed by atoms with Gasteiger partial charge < -0.3 is 9.47 Å². The minimum atomic E-state index is -0.438. The fraction of sp³-hybridized carbons (Fsp3) is 0.152. The summed E-state index contributed by atoms with van der Waals surface area (Å²) in [5, 5.41) is 0. The monoisotopic (exact) mass is 458 g/mol. The first-order valence-corrected chi connectivity index (χ1v) is 11.9. The maximum Gasteiger partial charge on any atom is 0.119 e. The van der Waals surface area contributed by atoms with Crippen molar-refractivity contribution in [1.29, 1.82) is 0 Å². The van der Waals surface area contributed by atoms with Crippen molar-refractivity contribution in [2.45, 2.75) is 19.3 Å². The number of ether oxygens (including phenoxy) is 2. The van der Waals surface area contributed by atoms with E-state index in [0.29, 0.717) is 13.2 Å². The summed E-state index contributed by atoms with van der Waals surface area (Å²) in [6, 6.07) is 34.5. The quantitative estimate of drug-likeness (QED) is 0.220. The summed E-state index contributed by atoms with van der Waals surface area (Å²) in [5.74, 6) is 1.69. The van der Waals surface area contributed by atoms with Gasteiger partial charge in [0, 0.05) is 0 Å². The maximum atomic E-state index is 5.90. The topological polar surface area (TPSA) is 18.5 Å². The van der Waals surface area contributed by atoms with Crippen LogP contribution in [0.3, 0.4) is 0 Å². The molecule has 0 atom stereocenters. The van der Waals surface area contributed by atoms with Crippen LogP contribution in [0.25, 0.3) is 11.1 Å². The van der Waals surface area contributed by atoms with E-state index in [4.69, 9.17) is 9.47 Å². The third-order valence-electron chi connectivity index (χ3n) is 6.50. The molecule has 0 unspecified atom stereocenters. The van der Waals surface area contributed by atoms with Crippen molar-refractivity contribution in [3.63, 3.8) is 0 Å². The first-order chi connectivity index (χ1) is 17.0. The van der Waals surface area contributed by atoms with Gasteiger partial charge in [0.1, 0.15) is 24.7 Å². The van der Waals surface area contributed by atoms with Crippen LogP contribution < -0.4 is 9.47 Å². The second-order valence-electron chi connectivity index (χ2n) is 9.38. The molecule has 0 saturated carbocycles. The lowest BCUT2D eigenvalue weighted by atomic mass is 9.68. The van der Waals surface area contributed by atoms with Crippen LogP contribution in [-0.4, -0.2) is 13.2 Å². The average Bonchev–Trinajstić information content (AvgIpc) is 3.18. The van der Waals surface area contributed by atoms with E-state index >= 15 is 0 Å². The molecule has 0 bridgehead atoms. The molecule has 0 fully saturated rings. The van der Waals surface area contributed by atoms with Gasteiger partial charge in [0.2, 0.25) is 0 Å². The Kier molecular flexibility index (Phi) is 6.05. The third-order valence-corrected chi connectivity index (χ3v) is 6.50. The van der Waals surface area contributed by atoms with Gasteiger partial charge in [-0.05, 0) is 82.6 Å². The Morgan fingerprint density at radius 3 is 1.31 bits per heavy atom. The summed E-state index contributed by atoms with van der Waals surface area (Å²) < 4.78 is 11.8. The first kappa shape index (κ1) is 22.7. The molecule has 0 radical (unpaired) electrons. The normalized spacial score (nSPS) is 13.0. The number of hydrogen-bond donors (Lipinski definition) is 0. The van der Waals surface area contributed by atoms with E-state index in [9.17, 15) is 0 Å². The molecule has 4 aromatic rings. The van der Waals surface area contributed by atoms with Crippen LogP contribution in [0.5, 0.6) is 11.5 Å². The summed E-state index contributed by atoms with van der Waals surface area (Å²) in [7, 11) is 0. The van der Waals surface area contributed by atoms with Crippen LogP contribution in [0.2, 0.25) is 0 Å². The Bertz CT molecular complexity index is 1270. The van der Waals surface area contributed by atoms with Crippen molar-refractivity contribution < 1.29 is 9.47 Å². The fourth-order valence-electron chi connectivity index (χ4n) is 5.04. The van der Waals surface area contributed by atoms with E-state index in [0.717, 1.165) is 22.6 Å². The number of hydrogen-bond acceptors (Lipinski definition) is 2. The molecule has 35 heavy (non-hydrogen) atoms. The Morgan fingerprint density at radius 2 is 0.943 bits per heavy atom. The molecule has 0 saturated heterocycles. The predicted octanol–water partition coefficient (Wildman–Crippen LogP) is 7.96. The standard InChI is InChI=1S/C33H30O2/c1-23(2)21-34-27-17-13-25(14-18-27)33(26-15-19-28(20-16-26)35-22-24(3)4)31-11-7-5-9-29(31)30-10-6-8-12-32(30)33/h5-20H,1,3,21-22H2,2,4H3. The Balaban J connectivity index is 1.68. The van der Waals surface area contributed by atoms with Gasteiger partial charge >= 0.3 is 0 Å². The Morgan fingerprint density at radius 1 is 0.571 bits per heavy atom. The zero-order valence-corrected chi connectivity index (χ0v) is 20.4. The molecular weight excluding hydrogens is 428 g/mol. The molecule has 2 heteroatoms. The van der Waals surface area contributed by atoms with Crippen LogP contribution in [0, 0.1) is 0 Å². The lowest BCUT2D eigenvalue weighted by Crippen LogP contribution is -2.28. The van der Waals surface area contributed by atoms with Gasteiger partial charge in [0.05, 0.1) is 5.41 Å². The van der Waals surface area contributed by atoms with E-state index in [2.05, 4.69) is 110 Å². The molecule has 1 aliphatic carbocycles. The Labute approximate surface area is 208 Å². The van der Waals surface area contributed by atoms with Crippen molar-refractivity contribution in [1.82, 2.24) is 0 Å². The van der Waals surface area contributed by atoms with Gasteiger partial charge in [-0.1, -0.05) is 86.0 Å². The molecular formula is C33H30O2. The summed E-state index contributed by atoms with van der Waals surface area (Å²) in [5.41, 5.74) is 9.08. The maximum absolute atomic E-state index is 5.90. The van der Waals surface area contributed by atoms with Crippen LogP contribution in [0.15, 0.2) is 121 Å². The molecule has 0 aromatic heterocycles. The van der Waals surface area contributed by atoms with Gasteiger partial charge in [-0.2, -0.15) is 0 Å². The predicted molar refractivity (Wildman–Crippen MR) is 144 cm³/mol. The summed E-state index contributed by atoms with van der Waals surface area (Å²) in [6.07, 6.45) is 0. The number of fused-ring (bicyclic) bond motifs is 3. The first-order valence-electron chi connectivity index (χ1n) is 11.9. The highest BCUT2D eigenvalue weighted by molar-refractivity contribution is 5.86. The van der Waals surface area contributed by atoms with Crippen LogP contribution in [0.1, 0.15) is 36.1 Å². The minimum absolute atomic E-state index is 0.438. The highest BCUT2D eigenvalue weighted by Gasteiger charge is 2.45. The van der Waals surface area contributed by atoms with Crippen molar-refractivity contribution in [3.05, 3.63) is 144 Å². The number of benzene rings is 4. The lowest BCUT2D eigenvalue weighted by molar-refractivity contribution is 0.352. The largest absolute Gasteiger partial charge is 0.489 e. The van der Waals surface area contributed by atoms with Crippen LogP contribution in [-0.2, 0) is 5.41 Å². The van der Waals surface area contributed by atoms with Gasteiger partial charge in [0.15, 0.2) is 0 Å². The minimum Gasteiger partial charge on any atom is -0.489 e. The van der Waals surface area contributed by atoms with E-state index in [1.54, 1.807) is 0 Å². The van der Waals surface area contributed by atoms with Crippen molar-refractivity contribution in [2.24, 2.45) is 0 Å². The van der Waals surface area contributed by atoms with Gasteiger partial charge in [-0.25, -0.2) is 0 Å². The molecule has 2 nitrogen and oxygen atoms in total. The summed E-state index contributed by atoms with van der Waals surface area (Å²) >= 11 is 0. The lowest BCUT2D eigenvalue weighted by Gasteiger charge is -2.34. The number of rotatable bonds is 8. The van der Waals surface area contributed by atoms with Gasteiger partial charge in [-0.3, -0.25) is 0 Å². The van der Waals surface area contributed by atoms with Gasteiger partial charge in [0.25, 0.3) is 0 Å². The fourth-order valence-corrected chi connectivity index (χ4v) is 5.04.